The van der Waals surface area contributed by atoms with Crippen molar-refractivity contribution in [2.75, 3.05) is 0 Å². The number of para-hydroxylation sites is 1. The molecule has 4 heteroatoms. The molecule has 216 valence electrons. The monoisotopic (exact) mass is 604 g/mol. The van der Waals surface area contributed by atoms with E-state index < -0.39 is 7.92 Å². The molecule has 1 aliphatic heterocycles. The predicted octanol–water partition coefficient (Wildman–Crippen LogP) is 9.16. The first kappa shape index (κ1) is 25.8. The van der Waals surface area contributed by atoms with Gasteiger partial charge in [-0.1, -0.05) is 133 Å². The standard InChI is InChI=1S/C42H27N3P/c1-3-12-28(13-4-1)46(29-14-5-2-6-15-29)30-24-22-27(23-25-30)45-37-21-10-7-16-31(37)40-32-17-11-18-33-39(32)34(26-38(40)45)42-41(33)43-35-19-8-9-20-36(35)44-42/h1-26,36H/q-1. The van der Waals surface area contributed by atoms with Crippen LogP contribution in [0.5, 0.6) is 0 Å². The zero-order valence-corrected chi connectivity index (χ0v) is 25.8. The van der Waals surface area contributed by atoms with E-state index in [4.69, 9.17) is 10.3 Å². The average molecular weight is 605 g/mol. The molecule has 1 atom stereocenters. The lowest BCUT2D eigenvalue weighted by Crippen LogP contribution is -2.20. The summed E-state index contributed by atoms with van der Waals surface area (Å²) in [5, 5.41) is 14.4. The lowest BCUT2D eigenvalue weighted by molar-refractivity contribution is 1.18. The first-order chi connectivity index (χ1) is 22.8. The Morgan fingerprint density at radius 1 is 0.587 bits per heavy atom. The summed E-state index contributed by atoms with van der Waals surface area (Å²) in [6, 6.07) is 48.9. The van der Waals surface area contributed by atoms with Gasteiger partial charge in [0.2, 0.25) is 0 Å². The second kappa shape index (κ2) is 10.0. The Hall–Kier alpha value is -5.50. The molecule has 0 saturated carbocycles. The lowest BCUT2D eigenvalue weighted by Gasteiger charge is -2.38. The number of benzene rings is 6. The van der Waals surface area contributed by atoms with Crippen LogP contribution in [0.1, 0.15) is 11.1 Å². The van der Waals surface area contributed by atoms with Gasteiger partial charge in [-0.25, -0.2) is 0 Å². The molecule has 10 rings (SSSR count). The largest absolute Gasteiger partial charge is 0.671 e. The smallest absolute Gasteiger partial charge is 0.0568 e. The molecule has 6 aromatic carbocycles. The highest BCUT2D eigenvalue weighted by Gasteiger charge is 2.27. The van der Waals surface area contributed by atoms with Crippen molar-refractivity contribution in [3.63, 3.8) is 0 Å². The normalized spacial score (nSPS) is 16.3. The minimum Gasteiger partial charge on any atom is -0.671 e. The molecule has 2 aliphatic carbocycles. The van der Waals surface area contributed by atoms with Crippen LogP contribution in [0.25, 0.3) is 55.0 Å². The van der Waals surface area contributed by atoms with Crippen LogP contribution in [-0.2, 0) is 0 Å². The fourth-order valence-corrected chi connectivity index (χ4v) is 9.74. The van der Waals surface area contributed by atoms with Gasteiger partial charge < -0.3 is 9.88 Å². The molecule has 0 amide bonds. The van der Waals surface area contributed by atoms with E-state index in [1.807, 2.05) is 0 Å². The quantitative estimate of drug-likeness (QED) is 0.180. The molecule has 0 fully saturated rings. The van der Waals surface area contributed by atoms with Crippen molar-refractivity contribution in [3.05, 3.63) is 174 Å². The number of hydrogen-bond acceptors (Lipinski definition) is 1. The fourth-order valence-electron chi connectivity index (χ4n) is 7.45. The summed E-state index contributed by atoms with van der Waals surface area (Å²) < 4.78 is 2.43. The Balaban J connectivity index is 1.19. The molecule has 0 bridgehead atoms. The van der Waals surface area contributed by atoms with Crippen LogP contribution in [0.15, 0.2) is 163 Å². The zero-order chi connectivity index (χ0) is 30.2. The van der Waals surface area contributed by atoms with Crippen molar-refractivity contribution < 1.29 is 0 Å². The first-order valence-corrected chi connectivity index (χ1v) is 17.1. The summed E-state index contributed by atoms with van der Waals surface area (Å²) in [5.41, 5.74) is 8.92. The highest BCUT2D eigenvalue weighted by molar-refractivity contribution is 7.79. The molecule has 2 heterocycles. The van der Waals surface area contributed by atoms with Gasteiger partial charge in [-0.15, -0.1) is 5.70 Å². The second-order valence-electron chi connectivity index (χ2n) is 12.0. The molecular weight excluding hydrogens is 577 g/mol. The molecule has 0 saturated heterocycles. The topological polar surface area (TPSA) is 31.4 Å². The van der Waals surface area contributed by atoms with Gasteiger partial charge in [0, 0.05) is 27.7 Å². The Morgan fingerprint density at radius 2 is 1.28 bits per heavy atom. The maximum atomic E-state index is 5.26. The van der Waals surface area contributed by atoms with Gasteiger partial charge >= 0.3 is 0 Å². The minimum atomic E-state index is -0.675. The molecule has 0 radical (unpaired) electrons. The van der Waals surface area contributed by atoms with Gasteiger partial charge in [-0.2, -0.15) is 0 Å². The van der Waals surface area contributed by atoms with Crippen LogP contribution < -0.4 is 15.9 Å². The van der Waals surface area contributed by atoms with Crippen LogP contribution in [0.4, 0.5) is 0 Å². The summed E-state index contributed by atoms with van der Waals surface area (Å²) in [5.74, 6) is 0. The van der Waals surface area contributed by atoms with Crippen molar-refractivity contribution >= 4 is 73.5 Å². The molecule has 3 nitrogen and oxygen atoms in total. The third-order valence-electron chi connectivity index (χ3n) is 9.41. The van der Waals surface area contributed by atoms with E-state index in [9.17, 15) is 0 Å². The van der Waals surface area contributed by atoms with Crippen molar-refractivity contribution in [2.24, 2.45) is 4.99 Å². The maximum Gasteiger partial charge on any atom is 0.0568 e. The number of allylic oxidation sites excluding steroid dienone is 2. The molecular formula is C42H27N3P-. The van der Waals surface area contributed by atoms with Gasteiger partial charge in [0.15, 0.2) is 0 Å². The minimum absolute atomic E-state index is 0.0358. The Labute approximate surface area is 268 Å². The third-order valence-corrected chi connectivity index (χ3v) is 11.9. The van der Waals surface area contributed by atoms with Crippen molar-refractivity contribution in [3.8, 4) is 5.69 Å². The summed E-state index contributed by atoms with van der Waals surface area (Å²) in [6.45, 7) is 0. The molecule has 46 heavy (non-hydrogen) atoms. The zero-order valence-electron chi connectivity index (χ0n) is 24.9. The van der Waals surface area contributed by atoms with E-state index in [0.29, 0.717) is 0 Å². The molecule has 1 unspecified atom stereocenters. The van der Waals surface area contributed by atoms with Crippen LogP contribution in [0.2, 0.25) is 0 Å². The molecule has 0 N–H and O–H groups in total. The van der Waals surface area contributed by atoms with Crippen molar-refractivity contribution in [2.45, 2.75) is 6.04 Å². The van der Waals surface area contributed by atoms with Crippen molar-refractivity contribution in [1.29, 1.82) is 0 Å². The van der Waals surface area contributed by atoms with E-state index in [-0.39, 0.29) is 6.04 Å². The Kier molecular flexibility index (Phi) is 5.61. The summed E-state index contributed by atoms with van der Waals surface area (Å²) in [6.07, 6.45) is 8.35. The molecule has 7 aromatic rings. The highest BCUT2D eigenvalue weighted by atomic mass is 31.1. The highest BCUT2D eigenvalue weighted by Crippen LogP contribution is 2.51. The van der Waals surface area contributed by atoms with E-state index in [0.717, 1.165) is 22.8 Å². The number of aromatic nitrogens is 1. The number of rotatable bonds is 4. The van der Waals surface area contributed by atoms with Crippen LogP contribution in [0.3, 0.4) is 0 Å². The number of aliphatic imine (C=N–C) groups is 1. The number of nitrogens with zero attached hydrogens (tertiary/aromatic N) is 3. The molecule has 0 spiro atoms. The fraction of sp³-hybridized carbons (Fsp3) is 0.0238. The number of fused-ring (bicyclic) bond motifs is 7. The first-order valence-electron chi connectivity index (χ1n) is 15.7. The van der Waals surface area contributed by atoms with Crippen molar-refractivity contribution in [1.82, 2.24) is 4.57 Å². The van der Waals surface area contributed by atoms with Gasteiger partial charge in [0.1, 0.15) is 0 Å². The van der Waals surface area contributed by atoms with Gasteiger partial charge in [0.25, 0.3) is 0 Å². The van der Waals surface area contributed by atoms with Gasteiger partial charge in [0.05, 0.1) is 16.7 Å². The summed E-state index contributed by atoms with van der Waals surface area (Å²) >= 11 is 0. The van der Waals surface area contributed by atoms with Gasteiger partial charge in [-0.05, 0) is 70.5 Å². The van der Waals surface area contributed by atoms with Crippen LogP contribution in [0, 0.1) is 0 Å². The molecule has 1 aromatic heterocycles. The average Bonchev–Trinajstić information content (AvgIpc) is 3.62. The SMILES string of the molecule is C1=CC2=NC3=C([N-]C2C=C1)c1cc2c(c4cccc3c14)c1ccccc1n2-c1ccc(P(c2ccccc2)c2ccccc2)cc1. The van der Waals surface area contributed by atoms with E-state index in [1.165, 1.54) is 59.6 Å². The van der Waals surface area contributed by atoms with Crippen LogP contribution in [-0.4, -0.2) is 16.3 Å². The van der Waals surface area contributed by atoms with E-state index in [1.54, 1.807) is 0 Å². The number of hydrogen-bond donors (Lipinski definition) is 0. The Bertz CT molecular complexity index is 2440. The van der Waals surface area contributed by atoms with Gasteiger partial charge in [-0.3, -0.25) is 4.99 Å². The maximum absolute atomic E-state index is 5.26. The third kappa shape index (κ3) is 3.73. The summed E-state index contributed by atoms with van der Waals surface area (Å²) in [7, 11) is -0.675. The van der Waals surface area contributed by atoms with E-state index in [2.05, 4.69) is 162 Å². The van der Waals surface area contributed by atoms with E-state index >= 15 is 0 Å². The van der Waals surface area contributed by atoms with Crippen LogP contribution >= 0.6 is 7.92 Å². The summed E-state index contributed by atoms with van der Waals surface area (Å²) in [4.78, 5) is 5.16. The second-order valence-corrected chi connectivity index (χ2v) is 14.2. The Morgan fingerprint density at radius 3 is 2.07 bits per heavy atom. The predicted molar refractivity (Wildman–Crippen MR) is 197 cm³/mol. The molecule has 3 aliphatic rings. The lowest BCUT2D eigenvalue weighted by atomic mass is 9.98.